The van der Waals surface area contributed by atoms with Crippen LogP contribution in [0, 0.1) is 5.92 Å². The van der Waals surface area contributed by atoms with Gasteiger partial charge >= 0.3 is 12.0 Å². The van der Waals surface area contributed by atoms with Gasteiger partial charge in [0.25, 0.3) is 0 Å². The molecular weight excluding hydrogens is 232 g/mol. The second kappa shape index (κ2) is 8.78. The Morgan fingerprint density at radius 3 is 2.17 bits per heavy atom. The van der Waals surface area contributed by atoms with Gasteiger partial charge in [-0.05, 0) is 19.3 Å². The van der Waals surface area contributed by atoms with Gasteiger partial charge in [-0.1, -0.05) is 40.0 Å². The van der Waals surface area contributed by atoms with Gasteiger partial charge in [-0.3, -0.25) is 0 Å². The molecule has 0 spiro atoms. The predicted octanol–water partition coefficient (Wildman–Crippen LogP) is 2.36. The van der Waals surface area contributed by atoms with Gasteiger partial charge in [-0.15, -0.1) is 0 Å². The Balaban J connectivity index is 4.04. The molecule has 0 aromatic rings. The first-order chi connectivity index (χ1) is 8.38. The van der Waals surface area contributed by atoms with E-state index in [4.69, 9.17) is 5.11 Å². The van der Waals surface area contributed by atoms with Gasteiger partial charge in [0.1, 0.15) is 6.04 Å². The minimum Gasteiger partial charge on any atom is -0.480 e. The van der Waals surface area contributed by atoms with Crippen molar-refractivity contribution >= 4 is 12.0 Å². The van der Waals surface area contributed by atoms with Crippen molar-refractivity contribution in [3.05, 3.63) is 0 Å². The average molecular weight is 258 g/mol. The van der Waals surface area contributed by atoms with Crippen LogP contribution in [0.3, 0.4) is 0 Å². The lowest BCUT2D eigenvalue weighted by atomic mass is 10.1. The second-order valence-corrected chi connectivity index (χ2v) is 5.07. The molecule has 2 atom stereocenters. The van der Waals surface area contributed by atoms with Crippen LogP contribution in [0.1, 0.15) is 53.4 Å². The van der Waals surface area contributed by atoms with E-state index in [-0.39, 0.29) is 12.0 Å². The van der Waals surface area contributed by atoms with Crippen LogP contribution in [-0.2, 0) is 4.79 Å². The van der Waals surface area contributed by atoms with Crippen molar-refractivity contribution in [1.82, 2.24) is 10.6 Å². The number of carboxylic acid groups (broad SMARTS) is 1. The van der Waals surface area contributed by atoms with E-state index in [1.165, 1.54) is 0 Å². The Labute approximate surface area is 109 Å². The summed E-state index contributed by atoms with van der Waals surface area (Å²) in [6.45, 7) is 7.60. The molecule has 5 nitrogen and oxygen atoms in total. The summed E-state index contributed by atoms with van der Waals surface area (Å²) in [5.74, 6) is -1.14. The van der Waals surface area contributed by atoms with Crippen LogP contribution in [0.2, 0.25) is 0 Å². The van der Waals surface area contributed by atoms with E-state index >= 15 is 0 Å². The van der Waals surface area contributed by atoms with Crippen molar-refractivity contribution in [2.75, 3.05) is 0 Å². The number of aliphatic carboxylic acids is 1. The third-order valence-corrected chi connectivity index (χ3v) is 2.84. The van der Waals surface area contributed by atoms with Crippen LogP contribution in [0.4, 0.5) is 4.79 Å². The molecule has 18 heavy (non-hydrogen) atoms. The number of rotatable bonds is 8. The maximum atomic E-state index is 11.6. The number of amides is 2. The molecule has 0 heterocycles. The Kier molecular flexibility index (Phi) is 8.16. The summed E-state index contributed by atoms with van der Waals surface area (Å²) in [5, 5.41) is 14.2. The Bertz CT molecular complexity index is 267. The average Bonchev–Trinajstić information content (AvgIpc) is 2.25. The van der Waals surface area contributed by atoms with Gasteiger partial charge < -0.3 is 15.7 Å². The molecule has 3 N–H and O–H groups in total. The minimum atomic E-state index is -1.00. The van der Waals surface area contributed by atoms with E-state index < -0.39 is 18.0 Å². The zero-order valence-corrected chi connectivity index (χ0v) is 11.8. The summed E-state index contributed by atoms with van der Waals surface area (Å²) in [6.07, 6.45) is 4.29. The number of urea groups is 1. The number of hydrogen-bond acceptors (Lipinski definition) is 2. The quantitative estimate of drug-likeness (QED) is 0.585. The number of nitrogens with one attached hydrogen (secondary N) is 2. The largest absolute Gasteiger partial charge is 0.480 e. The Morgan fingerprint density at radius 2 is 1.72 bits per heavy atom. The molecule has 5 heteroatoms. The molecule has 0 fully saturated rings. The number of hydrogen-bond donors (Lipinski definition) is 3. The molecule has 0 aliphatic rings. The molecule has 0 saturated heterocycles. The lowest BCUT2D eigenvalue weighted by Gasteiger charge is -2.20. The third kappa shape index (κ3) is 7.14. The fourth-order valence-corrected chi connectivity index (χ4v) is 1.69. The third-order valence-electron chi connectivity index (χ3n) is 2.84. The topological polar surface area (TPSA) is 78.4 Å². The lowest BCUT2D eigenvalue weighted by Crippen LogP contribution is -2.50. The lowest BCUT2D eigenvalue weighted by molar-refractivity contribution is -0.140. The maximum absolute atomic E-state index is 11.6. The van der Waals surface area contributed by atoms with E-state index in [0.29, 0.717) is 0 Å². The summed E-state index contributed by atoms with van der Waals surface area (Å²) in [5.41, 5.74) is 0. The molecule has 0 aliphatic heterocycles. The van der Waals surface area contributed by atoms with Crippen molar-refractivity contribution in [1.29, 1.82) is 0 Å². The van der Waals surface area contributed by atoms with Crippen LogP contribution >= 0.6 is 0 Å². The van der Waals surface area contributed by atoms with E-state index in [1.54, 1.807) is 13.8 Å². The van der Waals surface area contributed by atoms with Crippen LogP contribution in [-0.4, -0.2) is 29.2 Å². The monoisotopic (exact) mass is 258 g/mol. The van der Waals surface area contributed by atoms with Gasteiger partial charge in [0.2, 0.25) is 0 Å². The first kappa shape index (κ1) is 16.7. The predicted molar refractivity (Wildman–Crippen MR) is 71.5 cm³/mol. The van der Waals surface area contributed by atoms with Crippen molar-refractivity contribution in [2.24, 2.45) is 5.92 Å². The Morgan fingerprint density at radius 1 is 1.11 bits per heavy atom. The highest BCUT2D eigenvalue weighted by molar-refractivity contribution is 5.82. The number of unbranched alkanes of at least 4 members (excludes halogenated alkanes) is 2. The van der Waals surface area contributed by atoms with Gasteiger partial charge in [-0.2, -0.15) is 0 Å². The molecule has 0 aromatic carbocycles. The highest BCUT2D eigenvalue weighted by atomic mass is 16.4. The SMILES string of the molecule is CCCCCC(C)NC(=O)N[C@@H](C(=O)O)C(C)C. The number of carbonyl (C=O) groups excluding carboxylic acids is 1. The van der Waals surface area contributed by atoms with Crippen molar-refractivity contribution in [3.8, 4) is 0 Å². The highest BCUT2D eigenvalue weighted by Crippen LogP contribution is 2.04. The van der Waals surface area contributed by atoms with Crippen molar-refractivity contribution in [2.45, 2.75) is 65.5 Å². The van der Waals surface area contributed by atoms with Crippen molar-refractivity contribution in [3.63, 3.8) is 0 Å². The fraction of sp³-hybridized carbons (Fsp3) is 0.846. The fourth-order valence-electron chi connectivity index (χ4n) is 1.69. The molecule has 2 amide bonds. The molecule has 106 valence electrons. The summed E-state index contributed by atoms with van der Waals surface area (Å²) in [6, 6.07) is -1.17. The zero-order chi connectivity index (χ0) is 14.1. The molecule has 0 saturated carbocycles. The van der Waals surface area contributed by atoms with Crippen LogP contribution in [0.25, 0.3) is 0 Å². The Hall–Kier alpha value is -1.26. The highest BCUT2D eigenvalue weighted by Gasteiger charge is 2.23. The van der Waals surface area contributed by atoms with Crippen LogP contribution in [0.15, 0.2) is 0 Å². The van der Waals surface area contributed by atoms with Crippen LogP contribution < -0.4 is 10.6 Å². The second-order valence-electron chi connectivity index (χ2n) is 5.07. The first-order valence-corrected chi connectivity index (χ1v) is 6.68. The first-order valence-electron chi connectivity index (χ1n) is 6.68. The zero-order valence-electron chi connectivity index (χ0n) is 11.8. The van der Waals surface area contributed by atoms with Gasteiger partial charge in [0.15, 0.2) is 0 Å². The van der Waals surface area contributed by atoms with E-state index in [0.717, 1.165) is 25.7 Å². The molecule has 0 aliphatic carbocycles. The van der Waals surface area contributed by atoms with Gasteiger partial charge in [-0.25, -0.2) is 9.59 Å². The minimum absolute atomic E-state index is 0.0677. The van der Waals surface area contributed by atoms with Gasteiger partial charge in [0, 0.05) is 6.04 Å². The number of carboxylic acids is 1. The normalized spacial score (nSPS) is 14.1. The van der Waals surface area contributed by atoms with E-state index in [2.05, 4.69) is 17.6 Å². The summed E-state index contributed by atoms with van der Waals surface area (Å²) >= 11 is 0. The van der Waals surface area contributed by atoms with Gasteiger partial charge in [0.05, 0.1) is 0 Å². The molecule has 0 aromatic heterocycles. The molecule has 0 radical (unpaired) electrons. The molecule has 0 rings (SSSR count). The number of carbonyl (C=O) groups is 2. The molecule has 1 unspecified atom stereocenters. The van der Waals surface area contributed by atoms with Crippen LogP contribution in [0.5, 0.6) is 0 Å². The summed E-state index contributed by atoms with van der Waals surface area (Å²) < 4.78 is 0. The van der Waals surface area contributed by atoms with E-state index in [1.807, 2.05) is 6.92 Å². The standard InChI is InChI=1S/C13H26N2O3/c1-5-6-7-8-10(4)14-13(18)15-11(9(2)3)12(16)17/h9-11H,5-8H2,1-4H3,(H,16,17)(H2,14,15,18)/t10?,11-/m1/s1. The molecular formula is C13H26N2O3. The summed E-state index contributed by atoms with van der Waals surface area (Å²) in [4.78, 5) is 22.6. The smallest absolute Gasteiger partial charge is 0.326 e. The summed E-state index contributed by atoms with van der Waals surface area (Å²) in [7, 11) is 0. The maximum Gasteiger partial charge on any atom is 0.326 e. The van der Waals surface area contributed by atoms with E-state index in [9.17, 15) is 9.59 Å². The molecule has 0 bridgehead atoms. The van der Waals surface area contributed by atoms with Crippen molar-refractivity contribution < 1.29 is 14.7 Å².